The second kappa shape index (κ2) is 11.2. The lowest BCUT2D eigenvalue weighted by Gasteiger charge is -2.19. The molecule has 0 saturated carbocycles. The molecule has 38 heavy (non-hydrogen) atoms. The maximum atomic E-state index is 15.3. The summed E-state index contributed by atoms with van der Waals surface area (Å²) >= 11 is 1.19. The van der Waals surface area contributed by atoms with Crippen molar-refractivity contribution in [3.8, 4) is 5.75 Å². The van der Waals surface area contributed by atoms with Crippen molar-refractivity contribution in [1.82, 2.24) is 9.97 Å². The highest BCUT2D eigenvalue weighted by Gasteiger charge is 2.27. The topological polar surface area (TPSA) is 110 Å². The van der Waals surface area contributed by atoms with Crippen LogP contribution in [0.3, 0.4) is 0 Å². The smallest absolute Gasteiger partial charge is 0.258 e. The first-order chi connectivity index (χ1) is 18.2. The van der Waals surface area contributed by atoms with E-state index in [9.17, 15) is 17.6 Å². The van der Waals surface area contributed by atoms with Gasteiger partial charge in [-0.3, -0.25) is 9.52 Å². The van der Waals surface area contributed by atoms with Crippen LogP contribution in [-0.2, 0) is 16.4 Å². The van der Waals surface area contributed by atoms with Crippen molar-refractivity contribution in [2.75, 3.05) is 17.1 Å². The Balaban J connectivity index is 1.58. The molecule has 1 unspecified atom stereocenters. The number of halogens is 2. The van der Waals surface area contributed by atoms with E-state index in [1.54, 1.807) is 31.2 Å². The van der Waals surface area contributed by atoms with Gasteiger partial charge >= 0.3 is 0 Å². The number of ether oxygens (including phenoxy) is 1. The summed E-state index contributed by atoms with van der Waals surface area (Å²) in [5, 5.41) is 2.82. The van der Waals surface area contributed by atoms with E-state index < -0.39 is 44.2 Å². The standard InChI is InChI=1S/C26H24F2N4O4S2/c1-4-17(12-15-6-8-16(36-3)9-7-15)38(34,35)32-21-11-10-19(27)24(22(21)28)31-26(33)18-13-37-25-20(5-2)29-14-30-23(18)25/h5-11,13-14,17,32H,2,4,12H2,1,3H3,(H,31,33). The minimum Gasteiger partial charge on any atom is -0.497 e. The van der Waals surface area contributed by atoms with E-state index in [-0.39, 0.29) is 18.4 Å². The summed E-state index contributed by atoms with van der Waals surface area (Å²) in [6.45, 7) is 5.37. The van der Waals surface area contributed by atoms with Crippen LogP contribution in [0.2, 0.25) is 0 Å². The molecular weight excluding hydrogens is 534 g/mol. The van der Waals surface area contributed by atoms with Crippen LogP contribution in [0.5, 0.6) is 5.75 Å². The molecule has 198 valence electrons. The summed E-state index contributed by atoms with van der Waals surface area (Å²) in [5.74, 6) is -2.49. The first-order valence-corrected chi connectivity index (χ1v) is 13.9. The highest BCUT2D eigenvalue weighted by Crippen LogP contribution is 2.31. The van der Waals surface area contributed by atoms with Gasteiger partial charge in [-0.25, -0.2) is 27.2 Å². The second-order valence-electron chi connectivity index (χ2n) is 8.26. The molecule has 2 aromatic heterocycles. The Morgan fingerprint density at radius 3 is 2.58 bits per heavy atom. The monoisotopic (exact) mass is 558 g/mol. The Hall–Kier alpha value is -3.90. The Labute approximate surface area is 222 Å². The van der Waals surface area contributed by atoms with Crippen LogP contribution in [-0.4, -0.2) is 36.7 Å². The highest BCUT2D eigenvalue weighted by atomic mass is 32.2. The zero-order chi connectivity index (χ0) is 27.4. The van der Waals surface area contributed by atoms with Gasteiger partial charge in [0.15, 0.2) is 5.82 Å². The molecule has 2 heterocycles. The lowest BCUT2D eigenvalue weighted by atomic mass is 10.1. The van der Waals surface area contributed by atoms with Gasteiger partial charge in [-0.2, -0.15) is 0 Å². The van der Waals surface area contributed by atoms with E-state index >= 15 is 4.39 Å². The molecule has 2 aromatic carbocycles. The van der Waals surface area contributed by atoms with Gasteiger partial charge in [-0.05, 0) is 48.7 Å². The largest absolute Gasteiger partial charge is 0.497 e. The van der Waals surface area contributed by atoms with Crippen molar-refractivity contribution in [2.24, 2.45) is 0 Å². The zero-order valence-corrected chi connectivity index (χ0v) is 22.1. The third-order valence-electron chi connectivity index (χ3n) is 5.92. The highest BCUT2D eigenvalue weighted by molar-refractivity contribution is 7.93. The molecule has 2 N–H and O–H groups in total. The average molecular weight is 559 g/mol. The Bertz CT molecular complexity index is 1610. The number of amides is 1. The lowest BCUT2D eigenvalue weighted by Crippen LogP contribution is -2.30. The molecule has 0 radical (unpaired) electrons. The molecule has 8 nitrogen and oxygen atoms in total. The summed E-state index contributed by atoms with van der Waals surface area (Å²) in [7, 11) is -2.55. The Kier molecular flexibility index (Phi) is 8.02. The number of carbonyl (C=O) groups excluding carboxylic acids is 1. The van der Waals surface area contributed by atoms with Crippen LogP contribution >= 0.6 is 11.3 Å². The van der Waals surface area contributed by atoms with Crippen LogP contribution in [0.25, 0.3) is 16.3 Å². The van der Waals surface area contributed by atoms with Gasteiger partial charge in [0.25, 0.3) is 5.91 Å². The van der Waals surface area contributed by atoms with Crippen LogP contribution in [0.15, 0.2) is 54.7 Å². The minimum atomic E-state index is -4.08. The summed E-state index contributed by atoms with van der Waals surface area (Å²) in [5.41, 5.74) is 0.400. The molecule has 0 saturated heterocycles. The second-order valence-corrected chi connectivity index (χ2v) is 11.1. The number of hydrogen-bond acceptors (Lipinski definition) is 7. The number of fused-ring (bicyclic) bond motifs is 1. The molecule has 0 fully saturated rings. The summed E-state index contributed by atoms with van der Waals surface area (Å²) in [6.07, 6.45) is 3.18. The SMILES string of the molecule is C=Cc1ncnc2c(C(=O)Nc3c(F)ccc(NS(=O)(=O)C(CC)Cc4ccc(OC)cc4)c3F)csc12. The van der Waals surface area contributed by atoms with Gasteiger partial charge in [-0.15, -0.1) is 11.3 Å². The van der Waals surface area contributed by atoms with Gasteiger partial charge in [-0.1, -0.05) is 25.6 Å². The average Bonchev–Trinajstić information content (AvgIpc) is 3.36. The fraction of sp³-hybridized carbons (Fsp3) is 0.192. The Morgan fingerprint density at radius 2 is 1.92 bits per heavy atom. The van der Waals surface area contributed by atoms with Gasteiger partial charge in [0.2, 0.25) is 10.0 Å². The zero-order valence-electron chi connectivity index (χ0n) is 20.5. The van der Waals surface area contributed by atoms with Crippen molar-refractivity contribution in [3.63, 3.8) is 0 Å². The van der Waals surface area contributed by atoms with Crippen LogP contribution < -0.4 is 14.8 Å². The van der Waals surface area contributed by atoms with Crippen molar-refractivity contribution >= 4 is 54.9 Å². The predicted octanol–water partition coefficient (Wildman–Crippen LogP) is 5.64. The molecule has 4 aromatic rings. The fourth-order valence-electron chi connectivity index (χ4n) is 3.84. The van der Waals surface area contributed by atoms with E-state index in [2.05, 4.69) is 26.6 Å². The molecule has 0 spiro atoms. The van der Waals surface area contributed by atoms with Crippen molar-refractivity contribution < 1.29 is 26.7 Å². The molecule has 12 heteroatoms. The quantitative estimate of drug-likeness (QED) is 0.261. The number of thiophene rings is 1. The number of rotatable bonds is 10. The number of methoxy groups -OCH3 is 1. The summed E-state index contributed by atoms with van der Waals surface area (Å²) in [4.78, 5) is 21.1. The van der Waals surface area contributed by atoms with E-state index in [0.29, 0.717) is 21.7 Å². The maximum Gasteiger partial charge on any atom is 0.258 e. The van der Waals surface area contributed by atoms with Crippen molar-refractivity contribution in [1.29, 1.82) is 0 Å². The Morgan fingerprint density at radius 1 is 1.18 bits per heavy atom. The van der Waals surface area contributed by atoms with Crippen LogP contribution in [0.4, 0.5) is 20.2 Å². The molecule has 0 bridgehead atoms. The first-order valence-electron chi connectivity index (χ1n) is 11.5. The molecule has 4 rings (SSSR count). The van der Waals surface area contributed by atoms with Gasteiger partial charge in [0.05, 0.1) is 39.5 Å². The summed E-state index contributed by atoms with van der Waals surface area (Å²) in [6, 6.07) is 8.79. The number of carbonyl (C=O) groups is 1. The predicted molar refractivity (Wildman–Crippen MR) is 145 cm³/mol. The molecule has 1 atom stereocenters. The lowest BCUT2D eigenvalue weighted by molar-refractivity contribution is 0.102. The van der Waals surface area contributed by atoms with E-state index in [1.165, 1.54) is 36.2 Å². The van der Waals surface area contributed by atoms with Gasteiger partial charge < -0.3 is 10.1 Å². The van der Waals surface area contributed by atoms with Crippen molar-refractivity contribution in [2.45, 2.75) is 25.0 Å². The molecule has 0 aliphatic rings. The van der Waals surface area contributed by atoms with E-state index in [0.717, 1.165) is 17.7 Å². The van der Waals surface area contributed by atoms with Crippen molar-refractivity contribution in [3.05, 3.63) is 83.1 Å². The molecule has 0 aliphatic heterocycles. The number of aromatic nitrogens is 2. The normalized spacial score (nSPS) is 12.2. The molecule has 1 amide bonds. The van der Waals surface area contributed by atoms with Crippen LogP contribution in [0, 0.1) is 11.6 Å². The van der Waals surface area contributed by atoms with E-state index in [4.69, 9.17) is 4.74 Å². The molecular formula is C26H24F2N4O4S2. The minimum absolute atomic E-state index is 0.0887. The van der Waals surface area contributed by atoms with Gasteiger partial charge in [0, 0.05) is 5.38 Å². The number of sulfonamides is 1. The number of nitrogens with one attached hydrogen (secondary N) is 2. The fourth-order valence-corrected chi connectivity index (χ4v) is 6.30. The number of benzene rings is 2. The molecule has 0 aliphatic carbocycles. The van der Waals surface area contributed by atoms with E-state index in [1.807, 2.05) is 0 Å². The first kappa shape index (κ1) is 27.1. The number of nitrogens with zero attached hydrogens (tertiary/aromatic N) is 2. The van der Waals surface area contributed by atoms with Gasteiger partial charge in [0.1, 0.15) is 23.6 Å². The maximum absolute atomic E-state index is 15.3. The van der Waals surface area contributed by atoms with Crippen LogP contribution in [0.1, 0.15) is 35.0 Å². The third kappa shape index (κ3) is 5.50. The number of hydrogen-bond donors (Lipinski definition) is 2. The summed E-state index contributed by atoms with van der Waals surface area (Å²) < 4.78 is 64.1. The third-order valence-corrected chi connectivity index (χ3v) is 8.79. The number of anilines is 2.